The van der Waals surface area contributed by atoms with Gasteiger partial charge in [-0.05, 0) is 125 Å². The van der Waals surface area contributed by atoms with E-state index in [-0.39, 0.29) is 0 Å². The summed E-state index contributed by atoms with van der Waals surface area (Å²) in [6.45, 7) is 2.18. The van der Waals surface area contributed by atoms with Gasteiger partial charge in [0.2, 0.25) is 0 Å². The first kappa shape index (κ1) is 36.1. The Balaban J connectivity index is 1.13. The molecule has 1 heterocycles. The summed E-state index contributed by atoms with van der Waals surface area (Å²) in [5, 5.41) is 4.94. The van der Waals surface area contributed by atoms with Crippen molar-refractivity contribution in [3.8, 4) is 50.2 Å². The molecule has 0 amide bonds. The van der Waals surface area contributed by atoms with Gasteiger partial charge in [0.25, 0.3) is 0 Å². The highest BCUT2D eigenvalue weighted by Gasteiger charge is 2.46. The van der Waals surface area contributed by atoms with Crippen molar-refractivity contribution in [1.82, 2.24) is 9.55 Å². The van der Waals surface area contributed by atoms with Crippen LogP contribution in [0.1, 0.15) is 35.0 Å². The van der Waals surface area contributed by atoms with Crippen LogP contribution in [0.2, 0.25) is 0 Å². The maximum atomic E-state index is 4.98. The number of rotatable bonds is 7. The van der Waals surface area contributed by atoms with E-state index in [1.54, 1.807) is 0 Å². The summed E-state index contributed by atoms with van der Waals surface area (Å²) in [6.07, 6.45) is 0.851. The molecule has 2 nitrogen and oxygen atoms in total. The Morgan fingerprint density at radius 3 is 1.66 bits per heavy atom. The van der Waals surface area contributed by atoms with Crippen molar-refractivity contribution in [3.63, 3.8) is 0 Å². The predicted molar refractivity (Wildman–Crippen MR) is 259 cm³/mol. The van der Waals surface area contributed by atoms with Crippen molar-refractivity contribution in [2.24, 2.45) is 0 Å². The van der Waals surface area contributed by atoms with Crippen molar-refractivity contribution in [1.29, 1.82) is 0 Å². The van der Waals surface area contributed by atoms with Gasteiger partial charge in [-0.1, -0.05) is 195 Å². The molecule has 0 radical (unpaired) electrons. The maximum absolute atomic E-state index is 4.98. The minimum absolute atomic E-state index is 0.495. The number of fused-ring (bicyclic) bond motifs is 6. The van der Waals surface area contributed by atoms with E-state index in [1.165, 1.54) is 88.3 Å². The number of benzene rings is 10. The SMILES string of the molecule is CCc1nc2ccccc2n1-c1ccc(-c2c3ccccc3c(-c3ccc4c(c3)C(c3ccccc3)(c3ccccc3)c3ccccc3-4)c3cc(-c4ccccc4)ccc23)cc1. The Morgan fingerprint density at radius 2 is 0.952 bits per heavy atom. The Morgan fingerprint density at radius 1 is 0.403 bits per heavy atom. The molecular weight excluding hydrogens is 749 g/mol. The highest BCUT2D eigenvalue weighted by atomic mass is 15.1. The summed E-state index contributed by atoms with van der Waals surface area (Å²) in [6, 6.07) is 83.0. The Hall–Kier alpha value is -7.81. The standard InChI is InChI=1S/C60H42N2/c1-2-57-61-55-28-16-17-29-56(55)62(57)46-34-30-41(31-35-46)58-49-25-12-13-26-50(49)59(52-38-42(32-37-51(52)58)40-18-6-3-7-19-40)43-33-36-48-47-24-14-15-27-53(47)60(54(48)39-43,44-20-8-4-9-21-44)45-22-10-5-11-23-45/h3-39H,2H2,1H3. The Kier molecular flexibility index (Phi) is 8.40. The molecule has 0 aliphatic heterocycles. The zero-order chi connectivity index (χ0) is 41.2. The molecule has 2 heteroatoms. The predicted octanol–water partition coefficient (Wildman–Crippen LogP) is 15.3. The van der Waals surface area contributed by atoms with Crippen molar-refractivity contribution in [2.45, 2.75) is 18.8 Å². The average molecular weight is 791 g/mol. The van der Waals surface area contributed by atoms with Gasteiger partial charge in [-0.3, -0.25) is 4.57 Å². The molecule has 62 heavy (non-hydrogen) atoms. The van der Waals surface area contributed by atoms with Crippen LogP contribution in [0.3, 0.4) is 0 Å². The van der Waals surface area contributed by atoms with E-state index in [0.29, 0.717) is 0 Å². The number of hydrogen-bond donors (Lipinski definition) is 0. The van der Waals surface area contributed by atoms with E-state index in [1.807, 2.05) is 0 Å². The molecule has 0 saturated heterocycles. The topological polar surface area (TPSA) is 17.8 Å². The van der Waals surface area contributed by atoms with Crippen LogP contribution < -0.4 is 0 Å². The van der Waals surface area contributed by atoms with Crippen LogP contribution >= 0.6 is 0 Å². The summed E-state index contributed by atoms with van der Waals surface area (Å²) < 4.78 is 2.31. The third kappa shape index (κ3) is 5.40. The minimum atomic E-state index is -0.495. The van der Waals surface area contributed by atoms with Gasteiger partial charge in [-0.2, -0.15) is 0 Å². The van der Waals surface area contributed by atoms with Crippen LogP contribution in [0, 0.1) is 0 Å². The summed E-state index contributed by atoms with van der Waals surface area (Å²) in [4.78, 5) is 4.98. The first-order chi connectivity index (χ1) is 30.7. The van der Waals surface area contributed by atoms with Crippen LogP contribution in [0.25, 0.3) is 82.8 Å². The van der Waals surface area contributed by atoms with Gasteiger partial charge in [0.15, 0.2) is 0 Å². The lowest BCUT2D eigenvalue weighted by Gasteiger charge is -2.34. The monoisotopic (exact) mass is 790 g/mol. The second-order valence-corrected chi connectivity index (χ2v) is 16.5. The van der Waals surface area contributed by atoms with E-state index in [9.17, 15) is 0 Å². The average Bonchev–Trinajstić information content (AvgIpc) is 3.87. The highest BCUT2D eigenvalue weighted by Crippen LogP contribution is 2.57. The second-order valence-electron chi connectivity index (χ2n) is 16.5. The number of aromatic nitrogens is 2. The molecule has 12 rings (SSSR count). The van der Waals surface area contributed by atoms with Crippen LogP contribution in [-0.2, 0) is 11.8 Å². The molecule has 0 atom stereocenters. The minimum Gasteiger partial charge on any atom is -0.296 e. The largest absolute Gasteiger partial charge is 0.296 e. The summed E-state index contributed by atoms with van der Waals surface area (Å²) >= 11 is 0. The first-order valence-electron chi connectivity index (χ1n) is 21.7. The molecule has 10 aromatic carbocycles. The van der Waals surface area contributed by atoms with Crippen molar-refractivity contribution >= 4 is 32.6 Å². The Labute approximate surface area is 362 Å². The number of nitrogens with zero attached hydrogens (tertiary/aromatic N) is 2. The van der Waals surface area contributed by atoms with E-state index in [2.05, 4.69) is 236 Å². The molecule has 1 aliphatic rings. The van der Waals surface area contributed by atoms with Gasteiger partial charge < -0.3 is 0 Å². The lowest BCUT2D eigenvalue weighted by molar-refractivity contribution is 0.769. The molecule has 0 saturated carbocycles. The highest BCUT2D eigenvalue weighted by molar-refractivity contribution is 6.22. The smallest absolute Gasteiger partial charge is 0.114 e. The quantitative estimate of drug-likeness (QED) is 0.147. The molecule has 1 aromatic heterocycles. The molecule has 11 aromatic rings. The van der Waals surface area contributed by atoms with Gasteiger partial charge in [0.1, 0.15) is 5.82 Å². The van der Waals surface area contributed by atoms with Gasteiger partial charge in [-0.15, -0.1) is 0 Å². The third-order valence-electron chi connectivity index (χ3n) is 13.2. The van der Waals surface area contributed by atoms with Crippen LogP contribution in [-0.4, -0.2) is 9.55 Å². The summed E-state index contributed by atoms with van der Waals surface area (Å²) in [5.41, 5.74) is 17.8. The molecule has 1 aliphatic carbocycles. The number of aryl methyl sites for hydroxylation is 1. The second kappa shape index (κ2) is 14.4. The molecule has 0 N–H and O–H groups in total. The normalized spacial score (nSPS) is 12.8. The van der Waals surface area contributed by atoms with E-state index < -0.39 is 5.41 Å². The van der Waals surface area contributed by atoms with Gasteiger partial charge in [0, 0.05) is 12.1 Å². The van der Waals surface area contributed by atoms with E-state index in [4.69, 9.17) is 4.98 Å². The lowest BCUT2D eigenvalue weighted by Crippen LogP contribution is -2.28. The molecular formula is C60H42N2. The molecule has 0 fully saturated rings. The fourth-order valence-corrected chi connectivity index (χ4v) is 10.6. The fourth-order valence-electron chi connectivity index (χ4n) is 10.6. The van der Waals surface area contributed by atoms with Crippen molar-refractivity contribution in [2.75, 3.05) is 0 Å². The van der Waals surface area contributed by atoms with Crippen LogP contribution in [0.15, 0.2) is 224 Å². The van der Waals surface area contributed by atoms with Gasteiger partial charge in [-0.25, -0.2) is 4.98 Å². The van der Waals surface area contributed by atoms with Crippen LogP contribution in [0.5, 0.6) is 0 Å². The molecule has 0 spiro atoms. The summed E-state index contributed by atoms with van der Waals surface area (Å²) in [7, 11) is 0. The molecule has 0 bridgehead atoms. The molecule has 292 valence electrons. The van der Waals surface area contributed by atoms with E-state index in [0.717, 1.165) is 29.0 Å². The zero-order valence-corrected chi connectivity index (χ0v) is 34.5. The number of hydrogen-bond acceptors (Lipinski definition) is 1. The molecule has 0 unspecified atom stereocenters. The number of para-hydroxylation sites is 2. The number of imidazole rings is 1. The zero-order valence-electron chi connectivity index (χ0n) is 34.5. The fraction of sp³-hybridized carbons (Fsp3) is 0.0500. The van der Waals surface area contributed by atoms with Crippen LogP contribution in [0.4, 0.5) is 0 Å². The Bertz CT molecular complexity index is 3430. The third-order valence-corrected chi connectivity index (χ3v) is 13.2. The van der Waals surface area contributed by atoms with Gasteiger partial charge in [0.05, 0.1) is 16.4 Å². The summed E-state index contributed by atoms with van der Waals surface area (Å²) in [5.74, 6) is 1.06. The maximum Gasteiger partial charge on any atom is 0.114 e. The van der Waals surface area contributed by atoms with E-state index >= 15 is 0 Å². The lowest BCUT2D eigenvalue weighted by atomic mass is 9.67. The van der Waals surface area contributed by atoms with Gasteiger partial charge >= 0.3 is 0 Å². The first-order valence-corrected chi connectivity index (χ1v) is 21.7. The van der Waals surface area contributed by atoms with Crippen molar-refractivity contribution in [3.05, 3.63) is 253 Å². The van der Waals surface area contributed by atoms with Crippen molar-refractivity contribution < 1.29 is 0 Å².